The Labute approximate surface area is 295 Å². The topological polar surface area (TPSA) is 0 Å². The van der Waals surface area contributed by atoms with Crippen molar-refractivity contribution in [2.24, 2.45) is 0 Å². The number of rotatable bonds is 2. The van der Waals surface area contributed by atoms with Gasteiger partial charge in [0.05, 0.1) is 0 Å². The van der Waals surface area contributed by atoms with Gasteiger partial charge in [-0.25, -0.2) is 0 Å². The van der Waals surface area contributed by atoms with Gasteiger partial charge < -0.3 is 0 Å². The quantitative estimate of drug-likeness (QED) is 0.0998. The zero-order valence-electron chi connectivity index (χ0n) is 28.1. The number of hydrogen-bond acceptors (Lipinski definition) is 0. The lowest BCUT2D eigenvalue weighted by atomic mass is 9.79. The van der Waals surface area contributed by atoms with Crippen molar-refractivity contribution < 1.29 is 0 Å². The molecule has 236 valence electrons. The lowest BCUT2D eigenvalue weighted by molar-refractivity contribution is 1.22. The normalized spacial score (nSPS) is 14.1. The van der Waals surface area contributed by atoms with E-state index in [4.69, 9.17) is 0 Å². The van der Waals surface area contributed by atoms with Gasteiger partial charge in [-0.2, -0.15) is 0 Å². The summed E-state index contributed by atoms with van der Waals surface area (Å²) >= 11 is 0. The van der Waals surface area contributed by atoms with Crippen molar-refractivity contribution in [3.8, 4) is 22.3 Å². The molecule has 51 heavy (non-hydrogen) atoms. The molecular formula is C51H32. The van der Waals surface area contributed by atoms with E-state index in [0.717, 1.165) is 19.3 Å². The van der Waals surface area contributed by atoms with E-state index in [1.807, 2.05) is 0 Å². The Kier molecular flexibility index (Phi) is 5.49. The van der Waals surface area contributed by atoms with Crippen molar-refractivity contribution in [2.75, 3.05) is 0 Å². The summed E-state index contributed by atoms with van der Waals surface area (Å²) in [6, 6.07) is 53.3. The minimum absolute atomic E-state index is 0.996. The fraction of sp³-hybridized carbons (Fsp3) is 0.0588. The average molecular weight is 645 g/mol. The van der Waals surface area contributed by atoms with E-state index < -0.39 is 0 Å². The first kappa shape index (κ1) is 27.6. The molecular weight excluding hydrogens is 613 g/mol. The highest BCUT2D eigenvalue weighted by Crippen LogP contribution is 2.50. The molecule has 0 saturated carbocycles. The average Bonchev–Trinajstić information content (AvgIpc) is 3.41. The molecule has 12 rings (SSSR count). The van der Waals surface area contributed by atoms with E-state index in [1.165, 1.54) is 120 Å². The zero-order valence-corrected chi connectivity index (χ0v) is 28.1. The lowest BCUT2D eigenvalue weighted by Gasteiger charge is -2.24. The Bertz CT molecular complexity index is 3190. The highest BCUT2D eigenvalue weighted by atomic mass is 14.3. The Morgan fingerprint density at radius 3 is 1.61 bits per heavy atom. The van der Waals surface area contributed by atoms with Crippen LogP contribution >= 0.6 is 0 Å². The van der Waals surface area contributed by atoms with Crippen LogP contribution in [0.1, 0.15) is 23.1 Å². The molecule has 0 saturated heterocycles. The molecule has 0 atom stereocenters. The minimum Gasteiger partial charge on any atom is -0.0838 e. The third kappa shape index (κ3) is 3.74. The van der Waals surface area contributed by atoms with Crippen LogP contribution in [-0.4, -0.2) is 0 Å². The molecule has 2 aliphatic rings. The van der Waals surface area contributed by atoms with Crippen LogP contribution in [0.15, 0.2) is 158 Å². The van der Waals surface area contributed by atoms with Crippen LogP contribution in [0.25, 0.3) is 103 Å². The summed E-state index contributed by atoms with van der Waals surface area (Å²) in [5.41, 5.74) is 11.1. The van der Waals surface area contributed by atoms with Crippen molar-refractivity contribution in [2.45, 2.75) is 19.3 Å². The number of hydrogen-bond donors (Lipinski definition) is 0. The van der Waals surface area contributed by atoms with E-state index >= 15 is 0 Å². The SMILES string of the molecule is C1=CCc2ccc3c(-c4c5ccccc5c(-c5ccc6ccc7cccc8ccc5c6c78)c5cc6ccccc6cc45)ccc4c3c2C(=CC4)C1. The van der Waals surface area contributed by atoms with Crippen molar-refractivity contribution in [1.29, 1.82) is 0 Å². The van der Waals surface area contributed by atoms with Gasteiger partial charge in [-0.15, -0.1) is 0 Å². The Morgan fingerprint density at radius 2 is 0.863 bits per heavy atom. The van der Waals surface area contributed by atoms with Gasteiger partial charge >= 0.3 is 0 Å². The molecule has 10 aromatic rings. The maximum atomic E-state index is 2.47. The second-order valence-electron chi connectivity index (χ2n) is 14.6. The van der Waals surface area contributed by atoms with E-state index in [9.17, 15) is 0 Å². The first-order chi connectivity index (χ1) is 25.3. The highest BCUT2D eigenvalue weighted by molar-refractivity contribution is 6.31. The largest absolute Gasteiger partial charge is 0.0838 e. The summed E-state index contributed by atoms with van der Waals surface area (Å²) in [6.45, 7) is 0. The predicted octanol–water partition coefficient (Wildman–Crippen LogP) is 14.0. The molecule has 0 spiro atoms. The number of allylic oxidation sites excluding steroid dienone is 4. The molecule has 0 radical (unpaired) electrons. The van der Waals surface area contributed by atoms with Crippen LogP contribution in [-0.2, 0) is 12.8 Å². The van der Waals surface area contributed by atoms with Crippen LogP contribution in [0.2, 0.25) is 0 Å². The predicted molar refractivity (Wildman–Crippen MR) is 220 cm³/mol. The monoisotopic (exact) mass is 644 g/mol. The molecule has 0 heteroatoms. The van der Waals surface area contributed by atoms with Gasteiger partial charge in [-0.1, -0.05) is 146 Å². The molecule has 2 aliphatic carbocycles. The molecule has 0 aliphatic heterocycles. The first-order valence-corrected chi connectivity index (χ1v) is 18.3. The molecule has 0 heterocycles. The van der Waals surface area contributed by atoms with Crippen molar-refractivity contribution in [3.05, 3.63) is 174 Å². The molecule has 0 N–H and O–H groups in total. The number of benzene rings is 10. The molecule has 0 amide bonds. The van der Waals surface area contributed by atoms with Crippen LogP contribution in [0.5, 0.6) is 0 Å². The van der Waals surface area contributed by atoms with Gasteiger partial charge in [0, 0.05) is 0 Å². The van der Waals surface area contributed by atoms with Crippen molar-refractivity contribution in [3.63, 3.8) is 0 Å². The summed E-state index contributed by atoms with van der Waals surface area (Å²) in [5.74, 6) is 0. The minimum atomic E-state index is 0.996. The van der Waals surface area contributed by atoms with Crippen LogP contribution in [0.4, 0.5) is 0 Å². The molecule has 0 unspecified atom stereocenters. The molecule has 0 nitrogen and oxygen atoms in total. The third-order valence-corrected chi connectivity index (χ3v) is 12.0. The molecule has 10 aromatic carbocycles. The Hall–Kier alpha value is -6.24. The van der Waals surface area contributed by atoms with Gasteiger partial charge in [0.2, 0.25) is 0 Å². The van der Waals surface area contributed by atoms with E-state index in [2.05, 4.69) is 158 Å². The van der Waals surface area contributed by atoms with Crippen molar-refractivity contribution >= 4 is 81.0 Å². The van der Waals surface area contributed by atoms with Crippen LogP contribution in [0, 0.1) is 0 Å². The summed E-state index contributed by atoms with van der Waals surface area (Å²) in [7, 11) is 0. The fourth-order valence-corrected chi connectivity index (χ4v) is 9.82. The summed E-state index contributed by atoms with van der Waals surface area (Å²) in [5, 5.41) is 18.5. The van der Waals surface area contributed by atoms with E-state index in [0.29, 0.717) is 0 Å². The maximum absolute atomic E-state index is 2.47. The zero-order chi connectivity index (χ0) is 33.2. The van der Waals surface area contributed by atoms with Gasteiger partial charge in [0.15, 0.2) is 0 Å². The molecule has 0 aromatic heterocycles. The summed E-state index contributed by atoms with van der Waals surface area (Å²) < 4.78 is 0. The highest BCUT2D eigenvalue weighted by Gasteiger charge is 2.24. The summed E-state index contributed by atoms with van der Waals surface area (Å²) in [6.07, 6.45) is 10.2. The van der Waals surface area contributed by atoms with Crippen LogP contribution in [0.3, 0.4) is 0 Å². The Balaban J connectivity index is 1.26. The van der Waals surface area contributed by atoms with E-state index in [1.54, 1.807) is 0 Å². The Morgan fingerprint density at radius 1 is 0.314 bits per heavy atom. The number of fused-ring (bicyclic) bond motifs is 3. The fourth-order valence-electron chi connectivity index (χ4n) is 9.82. The van der Waals surface area contributed by atoms with Gasteiger partial charge in [0.1, 0.15) is 0 Å². The van der Waals surface area contributed by atoms with E-state index in [-0.39, 0.29) is 0 Å². The van der Waals surface area contributed by atoms with Gasteiger partial charge in [-0.3, -0.25) is 0 Å². The third-order valence-electron chi connectivity index (χ3n) is 12.0. The summed E-state index contributed by atoms with van der Waals surface area (Å²) in [4.78, 5) is 0. The lowest BCUT2D eigenvalue weighted by Crippen LogP contribution is -2.02. The smallest absolute Gasteiger partial charge is 0.00199 e. The van der Waals surface area contributed by atoms with Gasteiger partial charge in [0.25, 0.3) is 0 Å². The van der Waals surface area contributed by atoms with Crippen molar-refractivity contribution in [1.82, 2.24) is 0 Å². The van der Waals surface area contributed by atoms with Gasteiger partial charge in [-0.05, 0) is 151 Å². The maximum Gasteiger partial charge on any atom is -0.00199 e. The molecule has 0 fully saturated rings. The standard InChI is InChI=1S/C51H32/c1-2-9-31-20-24-40-42(26-22-34-18-16-30(8-1)46(31)48(34)40)50-38-14-5-6-15-39(38)51(45-29-37-11-4-3-10-36(37)28-44(45)50)43-27-23-35-19-17-32-12-7-13-33-21-25-41(43)49(35)47(32)33/h1-7,10-17,19-29H,8-9,18H2. The first-order valence-electron chi connectivity index (χ1n) is 18.3. The van der Waals surface area contributed by atoms with Crippen LogP contribution < -0.4 is 0 Å². The molecule has 0 bridgehead atoms. The second kappa shape index (κ2) is 10.2. The second-order valence-corrected chi connectivity index (χ2v) is 14.6.